The van der Waals surface area contributed by atoms with Crippen LogP contribution < -0.4 is 5.32 Å². The molecule has 5 heteroatoms. The Kier molecular flexibility index (Phi) is 7.41. The molecular formula is C29H36FN3O. The number of amides is 1. The lowest BCUT2D eigenvalue weighted by Gasteiger charge is -2.31. The summed E-state index contributed by atoms with van der Waals surface area (Å²) in [5, 5.41) is 3.11. The molecular weight excluding hydrogens is 425 g/mol. The molecule has 2 aliphatic heterocycles. The molecule has 34 heavy (non-hydrogen) atoms. The summed E-state index contributed by atoms with van der Waals surface area (Å²) in [7, 11) is 0. The fraction of sp³-hybridized carbons (Fsp3) is 0.483. The zero-order valence-corrected chi connectivity index (χ0v) is 20.1. The van der Waals surface area contributed by atoms with Gasteiger partial charge in [-0.1, -0.05) is 36.3 Å². The SMILES string of the molecule is O=C(CN1CCC(c2ccc(F)cc2)CC1)Nc1ccc2c(c1)CCC(CN1CCCCC1)=C2. The average Bonchev–Trinajstić information content (AvgIpc) is 2.86. The third kappa shape index (κ3) is 5.94. The lowest BCUT2D eigenvalue weighted by molar-refractivity contribution is -0.117. The summed E-state index contributed by atoms with van der Waals surface area (Å²) in [6, 6.07) is 13.2. The predicted molar refractivity (Wildman–Crippen MR) is 136 cm³/mol. The van der Waals surface area contributed by atoms with E-state index in [2.05, 4.69) is 33.3 Å². The Morgan fingerprint density at radius 2 is 1.68 bits per heavy atom. The molecule has 0 radical (unpaired) electrons. The molecule has 0 atom stereocenters. The molecule has 2 heterocycles. The van der Waals surface area contributed by atoms with Gasteiger partial charge in [-0.25, -0.2) is 4.39 Å². The van der Waals surface area contributed by atoms with Crippen LogP contribution in [0.1, 0.15) is 61.1 Å². The second-order valence-electron chi connectivity index (χ2n) is 10.2. The van der Waals surface area contributed by atoms with Crippen molar-refractivity contribution in [2.75, 3.05) is 44.6 Å². The molecule has 1 amide bonds. The van der Waals surface area contributed by atoms with Crippen molar-refractivity contribution in [1.29, 1.82) is 0 Å². The number of fused-ring (bicyclic) bond motifs is 1. The predicted octanol–water partition coefficient (Wildman–Crippen LogP) is 5.46. The fourth-order valence-electron chi connectivity index (χ4n) is 5.72. The third-order valence-electron chi connectivity index (χ3n) is 7.67. The van der Waals surface area contributed by atoms with Crippen LogP contribution in [0.15, 0.2) is 48.0 Å². The molecule has 0 saturated carbocycles. The van der Waals surface area contributed by atoms with Gasteiger partial charge in [-0.3, -0.25) is 14.6 Å². The van der Waals surface area contributed by atoms with Crippen molar-refractivity contribution in [2.24, 2.45) is 0 Å². The molecule has 2 aromatic carbocycles. The van der Waals surface area contributed by atoms with E-state index in [1.165, 1.54) is 54.6 Å². The van der Waals surface area contributed by atoms with Gasteiger partial charge in [-0.05, 0) is 112 Å². The van der Waals surface area contributed by atoms with Gasteiger partial charge in [0.1, 0.15) is 5.82 Å². The number of carbonyl (C=O) groups excluding carboxylic acids is 1. The van der Waals surface area contributed by atoms with Gasteiger partial charge < -0.3 is 5.32 Å². The molecule has 0 unspecified atom stereocenters. The van der Waals surface area contributed by atoms with Gasteiger partial charge in [0.15, 0.2) is 0 Å². The van der Waals surface area contributed by atoms with Crippen LogP contribution in [0.3, 0.4) is 0 Å². The van der Waals surface area contributed by atoms with Crippen LogP contribution in [0.2, 0.25) is 0 Å². The Balaban J connectivity index is 1.11. The Hall–Kier alpha value is -2.50. The number of aryl methyl sites for hydroxylation is 1. The van der Waals surface area contributed by atoms with Crippen LogP contribution in [0.4, 0.5) is 10.1 Å². The lowest BCUT2D eigenvalue weighted by Crippen LogP contribution is -2.38. The minimum Gasteiger partial charge on any atom is -0.325 e. The number of hydrogen-bond acceptors (Lipinski definition) is 3. The van der Waals surface area contributed by atoms with Crippen molar-refractivity contribution < 1.29 is 9.18 Å². The number of benzene rings is 2. The quantitative estimate of drug-likeness (QED) is 0.621. The molecule has 1 aliphatic carbocycles. The van der Waals surface area contributed by atoms with Crippen LogP contribution in [0.5, 0.6) is 0 Å². The fourth-order valence-corrected chi connectivity index (χ4v) is 5.72. The highest BCUT2D eigenvalue weighted by Gasteiger charge is 2.22. The first kappa shape index (κ1) is 23.3. The molecule has 5 rings (SSSR count). The Labute approximate surface area is 202 Å². The van der Waals surface area contributed by atoms with Gasteiger partial charge in [0.25, 0.3) is 0 Å². The van der Waals surface area contributed by atoms with Gasteiger partial charge in [-0.15, -0.1) is 0 Å². The molecule has 0 spiro atoms. The highest BCUT2D eigenvalue weighted by molar-refractivity contribution is 5.92. The summed E-state index contributed by atoms with van der Waals surface area (Å²) in [6.07, 6.45) is 10.6. The normalized spacial score (nSPS) is 20.0. The summed E-state index contributed by atoms with van der Waals surface area (Å²) < 4.78 is 13.2. The first-order valence-corrected chi connectivity index (χ1v) is 12.9. The average molecular weight is 462 g/mol. The number of rotatable bonds is 6. The topological polar surface area (TPSA) is 35.6 Å². The molecule has 4 nitrogen and oxygen atoms in total. The summed E-state index contributed by atoms with van der Waals surface area (Å²) in [4.78, 5) is 17.5. The van der Waals surface area contributed by atoms with Crippen LogP contribution in [-0.4, -0.2) is 55.0 Å². The second kappa shape index (κ2) is 10.8. The van der Waals surface area contributed by atoms with Crippen molar-refractivity contribution in [1.82, 2.24) is 9.80 Å². The second-order valence-corrected chi connectivity index (χ2v) is 10.2. The van der Waals surface area contributed by atoms with Gasteiger partial charge in [0.2, 0.25) is 5.91 Å². The molecule has 0 aromatic heterocycles. The van der Waals surface area contributed by atoms with Gasteiger partial charge in [0, 0.05) is 12.2 Å². The van der Waals surface area contributed by atoms with E-state index < -0.39 is 0 Å². The van der Waals surface area contributed by atoms with Gasteiger partial charge in [0.05, 0.1) is 6.54 Å². The molecule has 3 aliphatic rings. The van der Waals surface area contributed by atoms with E-state index in [0.29, 0.717) is 12.5 Å². The molecule has 0 bridgehead atoms. The Bertz CT molecular complexity index is 1020. The zero-order valence-electron chi connectivity index (χ0n) is 20.1. The van der Waals surface area contributed by atoms with E-state index in [4.69, 9.17) is 0 Å². The van der Waals surface area contributed by atoms with E-state index in [0.717, 1.165) is 51.0 Å². The van der Waals surface area contributed by atoms with E-state index in [-0.39, 0.29) is 11.7 Å². The van der Waals surface area contributed by atoms with Gasteiger partial charge >= 0.3 is 0 Å². The summed E-state index contributed by atoms with van der Waals surface area (Å²) in [6.45, 7) is 5.79. The Morgan fingerprint density at radius 3 is 2.44 bits per heavy atom. The highest BCUT2D eigenvalue weighted by atomic mass is 19.1. The van der Waals surface area contributed by atoms with Crippen LogP contribution in [0.25, 0.3) is 6.08 Å². The monoisotopic (exact) mass is 461 g/mol. The van der Waals surface area contributed by atoms with Crippen molar-refractivity contribution in [3.8, 4) is 0 Å². The minimum absolute atomic E-state index is 0.0531. The summed E-state index contributed by atoms with van der Waals surface area (Å²) in [5.41, 5.74) is 6.28. The number of hydrogen-bond donors (Lipinski definition) is 1. The van der Waals surface area contributed by atoms with E-state index in [1.54, 1.807) is 12.1 Å². The maximum Gasteiger partial charge on any atom is 0.238 e. The van der Waals surface area contributed by atoms with E-state index in [9.17, 15) is 9.18 Å². The number of anilines is 1. The largest absolute Gasteiger partial charge is 0.325 e. The number of nitrogens with one attached hydrogen (secondary N) is 1. The van der Waals surface area contributed by atoms with Crippen molar-refractivity contribution in [3.05, 3.63) is 70.5 Å². The minimum atomic E-state index is -0.186. The maximum atomic E-state index is 13.2. The van der Waals surface area contributed by atoms with Crippen molar-refractivity contribution in [3.63, 3.8) is 0 Å². The summed E-state index contributed by atoms with van der Waals surface area (Å²) in [5.74, 6) is 0.319. The zero-order chi connectivity index (χ0) is 23.3. The highest BCUT2D eigenvalue weighted by Crippen LogP contribution is 2.29. The maximum absolute atomic E-state index is 13.2. The summed E-state index contributed by atoms with van der Waals surface area (Å²) >= 11 is 0. The number of carbonyl (C=O) groups is 1. The van der Waals surface area contributed by atoms with Gasteiger partial charge in [-0.2, -0.15) is 0 Å². The molecule has 2 saturated heterocycles. The first-order chi connectivity index (χ1) is 16.6. The molecule has 2 aromatic rings. The number of piperidine rings is 2. The molecule has 180 valence electrons. The van der Waals surface area contributed by atoms with E-state index in [1.807, 2.05) is 18.2 Å². The standard InChI is InChI=1S/C29H36FN3O/c30-27-9-6-23(7-10-27)24-12-16-33(17-13-24)21-29(34)31-28-11-8-25-18-22(4-5-26(25)19-28)20-32-14-2-1-3-15-32/h6-11,18-19,24H,1-5,12-17,20-21H2,(H,31,34). The van der Waals surface area contributed by atoms with Crippen LogP contribution in [-0.2, 0) is 11.2 Å². The number of halogens is 1. The third-order valence-corrected chi connectivity index (χ3v) is 7.67. The number of nitrogens with zero attached hydrogens (tertiary/aromatic N) is 2. The van der Waals surface area contributed by atoms with Crippen LogP contribution in [0, 0.1) is 5.82 Å². The molecule has 1 N–H and O–H groups in total. The van der Waals surface area contributed by atoms with E-state index >= 15 is 0 Å². The Morgan fingerprint density at radius 1 is 0.912 bits per heavy atom. The van der Waals surface area contributed by atoms with Crippen molar-refractivity contribution >= 4 is 17.7 Å². The number of likely N-dealkylation sites (tertiary alicyclic amines) is 2. The van der Waals surface area contributed by atoms with Crippen LogP contribution >= 0.6 is 0 Å². The first-order valence-electron chi connectivity index (χ1n) is 12.9. The smallest absolute Gasteiger partial charge is 0.238 e. The van der Waals surface area contributed by atoms with Crippen molar-refractivity contribution in [2.45, 2.75) is 50.9 Å². The molecule has 2 fully saturated rings. The lowest BCUT2D eigenvalue weighted by atomic mass is 9.89.